The smallest absolute Gasteiger partial charge is 0.220 e. The highest BCUT2D eigenvalue weighted by molar-refractivity contribution is 7.10. The Kier molecular flexibility index (Phi) is 3.38. The second-order valence-corrected chi connectivity index (χ2v) is 5.01. The first-order chi connectivity index (χ1) is 7.25. The summed E-state index contributed by atoms with van der Waals surface area (Å²) in [6.07, 6.45) is 0.655. The molecule has 1 aliphatic heterocycles. The molecule has 2 heterocycles. The highest BCUT2D eigenvalue weighted by atomic mass is 32.1. The van der Waals surface area contributed by atoms with Crippen LogP contribution in [-0.4, -0.2) is 19.0 Å². The summed E-state index contributed by atoms with van der Waals surface area (Å²) in [5.41, 5.74) is 0. The van der Waals surface area contributed by atoms with E-state index in [1.807, 2.05) is 18.4 Å². The van der Waals surface area contributed by atoms with Crippen LogP contribution < -0.4 is 10.6 Å². The van der Waals surface area contributed by atoms with Crippen molar-refractivity contribution in [1.29, 1.82) is 0 Å². The Labute approximate surface area is 93.9 Å². The predicted molar refractivity (Wildman–Crippen MR) is 61.9 cm³/mol. The van der Waals surface area contributed by atoms with E-state index in [9.17, 15) is 4.79 Å². The number of thiophene rings is 1. The molecule has 0 aliphatic carbocycles. The van der Waals surface area contributed by atoms with E-state index in [-0.39, 0.29) is 11.9 Å². The van der Waals surface area contributed by atoms with E-state index in [0.717, 1.165) is 13.1 Å². The Bertz CT molecular complexity index is 319. The molecule has 0 radical (unpaired) electrons. The molecule has 2 N–H and O–H groups in total. The largest absolute Gasteiger partial charge is 0.349 e. The number of amides is 1. The van der Waals surface area contributed by atoms with Crippen LogP contribution in [0.2, 0.25) is 0 Å². The molecule has 1 aromatic rings. The lowest BCUT2D eigenvalue weighted by Crippen LogP contribution is -2.44. The molecule has 2 rings (SSSR count). The molecule has 15 heavy (non-hydrogen) atoms. The third-order valence-electron chi connectivity index (χ3n) is 2.69. The van der Waals surface area contributed by atoms with Crippen molar-refractivity contribution >= 4 is 17.2 Å². The summed E-state index contributed by atoms with van der Waals surface area (Å²) >= 11 is 1.68. The highest BCUT2D eigenvalue weighted by Crippen LogP contribution is 2.18. The van der Waals surface area contributed by atoms with Crippen molar-refractivity contribution in [1.82, 2.24) is 10.6 Å². The van der Waals surface area contributed by atoms with Crippen LogP contribution in [-0.2, 0) is 4.79 Å². The summed E-state index contributed by atoms with van der Waals surface area (Å²) in [6.45, 7) is 4.00. The lowest BCUT2D eigenvalue weighted by Gasteiger charge is -2.26. The maximum Gasteiger partial charge on any atom is 0.220 e. The fraction of sp³-hybridized carbons (Fsp3) is 0.545. The van der Waals surface area contributed by atoms with Crippen molar-refractivity contribution in [2.24, 2.45) is 5.92 Å². The van der Waals surface area contributed by atoms with Gasteiger partial charge in [0.2, 0.25) is 5.91 Å². The van der Waals surface area contributed by atoms with Crippen LogP contribution in [0.5, 0.6) is 0 Å². The number of nitrogens with one attached hydrogen (secondary N) is 2. The minimum absolute atomic E-state index is 0.144. The molecule has 1 fully saturated rings. The highest BCUT2D eigenvalue weighted by Gasteiger charge is 2.21. The molecule has 1 aromatic heterocycles. The van der Waals surface area contributed by atoms with Crippen molar-refractivity contribution in [3.63, 3.8) is 0 Å². The SMILES string of the molecule is CC(NC(=O)CC1CNC1)c1cccs1. The zero-order valence-corrected chi connectivity index (χ0v) is 9.64. The number of hydrogen-bond acceptors (Lipinski definition) is 3. The Hall–Kier alpha value is -0.870. The number of hydrogen-bond donors (Lipinski definition) is 2. The second kappa shape index (κ2) is 4.77. The Morgan fingerprint density at radius 2 is 2.53 bits per heavy atom. The predicted octanol–water partition coefficient (Wildman–Crippen LogP) is 1.53. The summed E-state index contributed by atoms with van der Waals surface area (Å²) in [7, 11) is 0. The van der Waals surface area contributed by atoms with E-state index in [4.69, 9.17) is 0 Å². The van der Waals surface area contributed by atoms with Gasteiger partial charge in [0.25, 0.3) is 0 Å². The van der Waals surface area contributed by atoms with E-state index in [0.29, 0.717) is 12.3 Å². The van der Waals surface area contributed by atoms with Gasteiger partial charge in [-0.2, -0.15) is 0 Å². The fourth-order valence-electron chi connectivity index (χ4n) is 1.66. The molecule has 1 aliphatic rings. The van der Waals surface area contributed by atoms with Crippen molar-refractivity contribution < 1.29 is 4.79 Å². The first-order valence-electron chi connectivity index (χ1n) is 5.29. The van der Waals surface area contributed by atoms with Gasteiger partial charge in [0.05, 0.1) is 6.04 Å². The molecular weight excluding hydrogens is 208 g/mol. The van der Waals surface area contributed by atoms with E-state index in [2.05, 4.69) is 16.7 Å². The van der Waals surface area contributed by atoms with Gasteiger partial charge >= 0.3 is 0 Å². The lowest BCUT2D eigenvalue weighted by molar-refractivity contribution is -0.123. The summed E-state index contributed by atoms with van der Waals surface area (Å²) in [5, 5.41) is 8.23. The topological polar surface area (TPSA) is 41.1 Å². The Morgan fingerprint density at radius 3 is 3.07 bits per heavy atom. The molecule has 1 unspecified atom stereocenters. The fourth-order valence-corrected chi connectivity index (χ4v) is 2.40. The molecule has 0 aromatic carbocycles. The summed E-state index contributed by atoms with van der Waals surface area (Å²) in [5.74, 6) is 0.711. The van der Waals surface area contributed by atoms with E-state index in [1.165, 1.54) is 4.88 Å². The molecular formula is C11H16N2OS. The van der Waals surface area contributed by atoms with Gasteiger partial charge < -0.3 is 10.6 Å². The van der Waals surface area contributed by atoms with Gasteiger partial charge in [-0.15, -0.1) is 11.3 Å². The van der Waals surface area contributed by atoms with Crippen molar-refractivity contribution in [2.45, 2.75) is 19.4 Å². The van der Waals surface area contributed by atoms with Crippen LogP contribution in [0, 0.1) is 5.92 Å². The quantitative estimate of drug-likeness (QED) is 0.814. The van der Waals surface area contributed by atoms with E-state index < -0.39 is 0 Å². The third kappa shape index (κ3) is 2.79. The first kappa shape index (κ1) is 10.6. The average molecular weight is 224 g/mol. The average Bonchev–Trinajstić information content (AvgIpc) is 2.64. The zero-order valence-electron chi connectivity index (χ0n) is 8.82. The number of carbonyl (C=O) groups excluding carboxylic acids is 1. The maximum atomic E-state index is 11.6. The van der Waals surface area contributed by atoms with E-state index >= 15 is 0 Å². The Balaban J connectivity index is 1.78. The summed E-state index contributed by atoms with van der Waals surface area (Å²) in [4.78, 5) is 12.8. The summed E-state index contributed by atoms with van der Waals surface area (Å²) < 4.78 is 0. The van der Waals surface area contributed by atoms with Crippen LogP contribution in [0.25, 0.3) is 0 Å². The van der Waals surface area contributed by atoms with Gasteiger partial charge in [-0.25, -0.2) is 0 Å². The monoisotopic (exact) mass is 224 g/mol. The lowest BCUT2D eigenvalue weighted by atomic mass is 9.99. The zero-order chi connectivity index (χ0) is 10.7. The maximum absolute atomic E-state index is 11.6. The van der Waals surface area contributed by atoms with Gasteiger partial charge in [0, 0.05) is 11.3 Å². The van der Waals surface area contributed by atoms with Crippen molar-refractivity contribution in [3.05, 3.63) is 22.4 Å². The van der Waals surface area contributed by atoms with Gasteiger partial charge in [-0.05, 0) is 37.4 Å². The molecule has 1 saturated heterocycles. The molecule has 1 atom stereocenters. The third-order valence-corrected chi connectivity index (χ3v) is 3.74. The molecule has 0 saturated carbocycles. The van der Waals surface area contributed by atoms with Crippen LogP contribution in [0.1, 0.15) is 24.3 Å². The standard InChI is InChI=1S/C11H16N2OS/c1-8(10-3-2-4-15-10)13-11(14)5-9-6-12-7-9/h2-4,8-9,12H,5-7H2,1H3,(H,13,14). The van der Waals surface area contributed by atoms with Crippen LogP contribution in [0.15, 0.2) is 17.5 Å². The first-order valence-corrected chi connectivity index (χ1v) is 6.17. The van der Waals surface area contributed by atoms with Gasteiger partial charge in [0.15, 0.2) is 0 Å². The molecule has 82 valence electrons. The molecule has 1 amide bonds. The van der Waals surface area contributed by atoms with Crippen LogP contribution in [0.3, 0.4) is 0 Å². The molecule has 0 bridgehead atoms. The second-order valence-electron chi connectivity index (χ2n) is 4.03. The minimum Gasteiger partial charge on any atom is -0.349 e. The van der Waals surface area contributed by atoms with Crippen LogP contribution in [0.4, 0.5) is 0 Å². The Morgan fingerprint density at radius 1 is 1.73 bits per heavy atom. The molecule has 4 heteroatoms. The molecule has 3 nitrogen and oxygen atoms in total. The number of rotatable bonds is 4. The van der Waals surface area contributed by atoms with Gasteiger partial charge in [-0.3, -0.25) is 4.79 Å². The normalized spacial score (nSPS) is 18.2. The summed E-state index contributed by atoms with van der Waals surface area (Å²) in [6, 6.07) is 4.21. The van der Waals surface area contributed by atoms with Crippen molar-refractivity contribution in [3.8, 4) is 0 Å². The van der Waals surface area contributed by atoms with E-state index in [1.54, 1.807) is 11.3 Å². The van der Waals surface area contributed by atoms with Gasteiger partial charge in [-0.1, -0.05) is 6.07 Å². The number of carbonyl (C=O) groups is 1. The van der Waals surface area contributed by atoms with Gasteiger partial charge in [0.1, 0.15) is 0 Å². The van der Waals surface area contributed by atoms with Crippen LogP contribution >= 0.6 is 11.3 Å². The van der Waals surface area contributed by atoms with Crippen molar-refractivity contribution in [2.75, 3.05) is 13.1 Å². The molecule has 0 spiro atoms. The minimum atomic E-state index is 0.144.